The number of hydrogen-bond acceptors (Lipinski definition) is 2. The van der Waals surface area contributed by atoms with Crippen LogP contribution in [0.15, 0.2) is 48.7 Å². The summed E-state index contributed by atoms with van der Waals surface area (Å²) < 4.78 is 0. The van der Waals surface area contributed by atoms with Crippen LogP contribution in [-0.4, -0.2) is 22.6 Å². The predicted molar refractivity (Wildman–Crippen MR) is 92.6 cm³/mol. The molecule has 2 aromatic carbocycles. The van der Waals surface area contributed by atoms with Gasteiger partial charge >= 0.3 is 0 Å². The van der Waals surface area contributed by atoms with E-state index in [2.05, 4.69) is 23.3 Å². The number of nitrogens with one attached hydrogen (secondary N) is 2. The van der Waals surface area contributed by atoms with Crippen molar-refractivity contribution in [2.75, 3.05) is 11.9 Å². The number of aliphatic hydroxyl groups is 1. The zero-order valence-corrected chi connectivity index (χ0v) is 13.1. The summed E-state index contributed by atoms with van der Waals surface area (Å²) in [4.78, 5) is 15.5. The van der Waals surface area contributed by atoms with Gasteiger partial charge in [0.05, 0.1) is 6.42 Å². The van der Waals surface area contributed by atoms with E-state index >= 15 is 0 Å². The number of rotatable bonds is 5. The molecule has 0 saturated carbocycles. The van der Waals surface area contributed by atoms with E-state index in [0.717, 1.165) is 27.7 Å². The summed E-state index contributed by atoms with van der Waals surface area (Å²) in [6.07, 6.45) is 2.87. The Bertz CT molecular complexity index is 819. The molecule has 0 atom stereocenters. The summed E-state index contributed by atoms with van der Waals surface area (Å²) in [5, 5.41) is 13.0. The highest BCUT2D eigenvalue weighted by Crippen LogP contribution is 2.22. The summed E-state index contributed by atoms with van der Waals surface area (Å²) in [5.41, 5.74) is 5.06. The molecule has 0 aliphatic carbocycles. The number of benzene rings is 2. The van der Waals surface area contributed by atoms with Crippen molar-refractivity contribution in [3.05, 3.63) is 65.4 Å². The van der Waals surface area contributed by atoms with Gasteiger partial charge in [-0.05, 0) is 48.2 Å². The number of aromatic amines is 1. The maximum Gasteiger partial charge on any atom is 0.228 e. The minimum atomic E-state index is -0.0379. The third kappa shape index (κ3) is 3.43. The van der Waals surface area contributed by atoms with Gasteiger partial charge < -0.3 is 15.4 Å². The maximum atomic E-state index is 12.3. The lowest BCUT2D eigenvalue weighted by Gasteiger charge is -2.06. The summed E-state index contributed by atoms with van der Waals surface area (Å²) in [5.74, 6) is -0.0379. The summed E-state index contributed by atoms with van der Waals surface area (Å²) >= 11 is 0. The monoisotopic (exact) mass is 308 g/mol. The van der Waals surface area contributed by atoms with Crippen molar-refractivity contribution in [1.82, 2.24) is 4.98 Å². The molecule has 23 heavy (non-hydrogen) atoms. The van der Waals surface area contributed by atoms with Crippen LogP contribution in [-0.2, 0) is 17.6 Å². The molecule has 0 fully saturated rings. The van der Waals surface area contributed by atoms with E-state index in [0.29, 0.717) is 12.8 Å². The first-order valence-electron chi connectivity index (χ1n) is 7.72. The van der Waals surface area contributed by atoms with Gasteiger partial charge in [-0.25, -0.2) is 0 Å². The first kappa shape index (κ1) is 15.3. The smallest absolute Gasteiger partial charge is 0.228 e. The van der Waals surface area contributed by atoms with Crippen LogP contribution in [0.25, 0.3) is 10.9 Å². The van der Waals surface area contributed by atoms with Crippen molar-refractivity contribution < 1.29 is 9.90 Å². The number of carbonyl (C=O) groups excluding carboxylic acids is 1. The zero-order valence-electron chi connectivity index (χ0n) is 13.1. The van der Waals surface area contributed by atoms with Gasteiger partial charge in [-0.2, -0.15) is 0 Å². The van der Waals surface area contributed by atoms with Gasteiger partial charge in [-0.3, -0.25) is 4.79 Å². The van der Waals surface area contributed by atoms with Crippen LogP contribution in [0, 0.1) is 6.92 Å². The quantitative estimate of drug-likeness (QED) is 0.677. The molecule has 0 spiro atoms. The molecule has 0 aliphatic heterocycles. The number of aryl methyl sites for hydroxylation is 1. The average Bonchev–Trinajstić information content (AvgIpc) is 2.94. The fraction of sp³-hybridized carbons (Fsp3) is 0.211. The number of anilines is 1. The van der Waals surface area contributed by atoms with E-state index < -0.39 is 0 Å². The second kappa shape index (κ2) is 6.67. The van der Waals surface area contributed by atoms with Gasteiger partial charge in [0.2, 0.25) is 5.91 Å². The molecule has 3 aromatic rings. The number of carbonyl (C=O) groups is 1. The van der Waals surface area contributed by atoms with E-state index in [9.17, 15) is 4.79 Å². The highest BCUT2D eigenvalue weighted by molar-refractivity contribution is 5.96. The Hall–Kier alpha value is -2.59. The van der Waals surface area contributed by atoms with Gasteiger partial charge in [0.1, 0.15) is 0 Å². The van der Waals surface area contributed by atoms with Crippen LogP contribution in [0.4, 0.5) is 5.69 Å². The average molecular weight is 308 g/mol. The number of hydrogen-bond donors (Lipinski definition) is 3. The van der Waals surface area contributed by atoms with Crippen molar-refractivity contribution in [2.24, 2.45) is 0 Å². The lowest BCUT2D eigenvalue weighted by atomic mass is 10.1. The molecule has 0 saturated heterocycles. The number of fused-ring (bicyclic) bond motifs is 1. The normalized spacial score (nSPS) is 10.9. The largest absolute Gasteiger partial charge is 0.396 e. The van der Waals surface area contributed by atoms with E-state index in [4.69, 9.17) is 5.11 Å². The Morgan fingerprint density at radius 2 is 1.96 bits per heavy atom. The molecule has 0 radical (unpaired) electrons. The van der Waals surface area contributed by atoms with Crippen LogP contribution < -0.4 is 5.32 Å². The standard InChI is InChI=1S/C19H20N2O2/c1-13-3-2-4-17-19(13)15(12-20-17)11-18(23)21-16-7-5-14(6-8-16)9-10-22/h2-8,12,20,22H,9-11H2,1H3,(H,21,23). The molecule has 0 bridgehead atoms. The molecule has 3 N–H and O–H groups in total. The summed E-state index contributed by atoms with van der Waals surface area (Å²) in [7, 11) is 0. The third-order valence-electron chi connectivity index (χ3n) is 3.98. The molecule has 118 valence electrons. The van der Waals surface area contributed by atoms with Crippen LogP contribution in [0.5, 0.6) is 0 Å². The Labute approximate surface area is 135 Å². The molecule has 0 aliphatic rings. The Balaban J connectivity index is 1.71. The first-order chi connectivity index (χ1) is 11.2. The minimum absolute atomic E-state index is 0.0379. The van der Waals surface area contributed by atoms with Crippen LogP contribution in [0.1, 0.15) is 16.7 Å². The molecule has 4 nitrogen and oxygen atoms in total. The molecule has 1 heterocycles. The molecule has 0 unspecified atom stereocenters. The molecular weight excluding hydrogens is 288 g/mol. The number of amides is 1. The van der Waals surface area contributed by atoms with Crippen LogP contribution in [0.3, 0.4) is 0 Å². The molecule has 3 rings (SSSR count). The van der Waals surface area contributed by atoms with Gasteiger partial charge in [0, 0.05) is 29.4 Å². The number of H-pyrrole nitrogens is 1. The van der Waals surface area contributed by atoms with E-state index in [1.807, 2.05) is 42.6 Å². The molecule has 4 heteroatoms. The topological polar surface area (TPSA) is 65.1 Å². The molecule has 1 aromatic heterocycles. The number of aromatic nitrogens is 1. The fourth-order valence-corrected chi connectivity index (χ4v) is 2.85. The fourth-order valence-electron chi connectivity index (χ4n) is 2.85. The lowest BCUT2D eigenvalue weighted by molar-refractivity contribution is -0.115. The minimum Gasteiger partial charge on any atom is -0.396 e. The third-order valence-corrected chi connectivity index (χ3v) is 3.98. The molecular formula is C19H20N2O2. The van der Waals surface area contributed by atoms with E-state index in [1.54, 1.807) is 0 Å². The van der Waals surface area contributed by atoms with Crippen molar-refractivity contribution in [1.29, 1.82) is 0 Å². The SMILES string of the molecule is Cc1cccc2[nH]cc(CC(=O)Nc3ccc(CCO)cc3)c12. The first-order valence-corrected chi connectivity index (χ1v) is 7.72. The Morgan fingerprint density at radius 1 is 1.17 bits per heavy atom. The zero-order chi connectivity index (χ0) is 16.2. The van der Waals surface area contributed by atoms with Gasteiger partial charge in [0.25, 0.3) is 0 Å². The van der Waals surface area contributed by atoms with E-state index in [1.165, 1.54) is 5.56 Å². The molecule has 1 amide bonds. The summed E-state index contributed by atoms with van der Waals surface area (Å²) in [6.45, 7) is 2.18. The number of aliphatic hydroxyl groups excluding tert-OH is 1. The lowest BCUT2D eigenvalue weighted by Crippen LogP contribution is -2.14. The Kier molecular flexibility index (Phi) is 4.44. The Morgan fingerprint density at radius 3 is 2.70 bits per heavy atom. The van der Waals surface area contributed by atoms with Crippen molar-refractivity contribution in [2.45, 2.75) is 19.8 Å². The highest BCUT2D eigenvalue weighted by Gasteiger charge is 2.10. The second-order valence-electron chi connectivity index (χ2n) is 5.71. The predicted octanol–water partition coefficient (Wildman–Crippen LogP) is 3.19. The van der Waals surface area contributed by atoms with E-state index in [-0.39, 0.29) is 12.5 Å². The maximum absolute atomic E-state index is 12.3. The van der Waals surface area contributed by atoms with Crippen molar-refractivity contribution >= 4 is 22.5 Å². The van der Waals surface area contributed by atoms with Crippen LogP contribution >= 0.6 is 0 Å². The van der Waals surface area contributed by atoms with Crippen LogP contribution in [0.2, 0.25) is 0 Å². The van der Waals surface area contributed by atoms with Gasteiger partial charge in [-0.1, -0.05) is 24.3 Å². The second-order valence-corrected chi connectivity index (χ2v) is 5.71. The van der Waals surface area contributed by atoms with Gasteiger partial charge in [0.15, 0.2) is 0 Å². The van der Waals surface area contributed by atoms with Crippen molar-refractivity contribution in [3.8, 4) is 0 Å². The summed E-state index contributed by atoms with van der Waals surface area (Å²) in [6, 6.07) is 13.6. The van der Waals surface area contributed by atoms with Gasteiger partial charge in [-0.15, -0.1) is 0 Å². The van der Waals surface area contributed by atoms with Crippen molar-refractivity contribution in [3.63, 3.8) is 0 Å². The highest BCUT2D eigenvalue weighted by atomic mass is 16.2.